The molecule has 1 aromatic rings. The van der Waals surface area contributed by atoms with Crippen LogP contribution in [0.15, 0.2) is 22.9 Å². The Hall–Kier alpha value is -1.10. The number of anilines is 1. The summed E-state index contributed by atoms with van der Waals surface area (Å²) in [7, 11) is 0. The topological polar surface area (TPSA) is 54.0 Å². The van der Waals surface area contributed by atoms with Gasteiger partial charge in [-0.25, -0.2) is 0 Å². The summed E-state index contributed by atoms with van der Waals surface area (Å²) in [6.45, 7) is 3.20. The first-order valence-electron chi connectivity index (χ1n) is 4.83. The first-order chi connectivity index (χ1) is 7.22. The van der Waals surface area contributed by atoms with Crippen molar-refractivity contribution >= 4 is 27.5 Å². The summed E-state index contributed by atoms with van der Waals surface area (Å²) < 4.78 is 0.922. The zero-order chi connectivity index (χ0) is 11.1. The van der Waals surface area contributed by atoms with Crippen molar-refractivity contribution in [2.24, 2.45) is 0 Å². The minimum absolute atomic E-state index is 0.0629. The molecule has 1 rings (SSSR count). The molecule has 0 aliphatic heterocycles. The third kappa shape index (κ3) is 4.78. The van der Waals surface area contributed by atoms with Gasteiger partial charge in [0.2, 0.25) is 5.91 Å². The zero-order valence-electron chi connectivity index (χ0n) is 8.59. The number of halogens is 1. The Morgan fingerprint density at radius 2 is 2.33 bits per heavy atom. The predicted octanol–water partition coefficient (Wildman–Crippen LogP) is 1.78. The molecule has 1 amide bonds. The van der Waals surface area contributed by atoms with Gasteiger partial charge in [-0.1, -0.05) is 0 Å². The van der Waals surface area contributed by atoms with E-state index in [2.05, 4.69) is 31.5 Å². The highest BCUT2D eigenvalue weighted by molar-refractivity contribution is 9.10. The smallest absolute Gasteiger partial charge is 0.221 e. The standard InChI is InChI=1S/C10H14BrN3O/c1-2-13-10(15)3-4-14-9-5-8(11)6-12-7-9/h5-7,14H,2-4H2,1H3,(H,13,15). The van der Waals surface area contributed by atoms with Crippen LogP contribution < -0.4 is 10.6 Å². The van der Waals surface area contributed by atoms with E-state index >= 15 is 0 Å². The summed E-state index contributed by atoms with van der Waals surface area (Å²) in [6, 6.07) is 1.92. The molecule has 0 saturated carbocycles. The third-order valence-electron chi connectivity index (χ3n) is 1.76. The van der Waals surface area contributed by atoms with E-state index in [0.29, 0.717) is 19.5 Å². The lowest BCUT2D eigenvalue weighted by Gasteiger charge is -2.05. The minimum atomic E-state index is 0.0629. The minimum Gasteiger partial charge on any atom is -0.383 e. The number of hydrogen-bond acceptors (Lipinski definition) is 3. The van der Waals surface area contributed by atoms with Crippen LogP contribution in [0.25, 0.3) is 0 Å². The van der Waals surface area contributed by atoms with Crippen LogP contribution in [0.4, 0.5) is 5.69 Å². The summed E-state index contributed by atoms with van der Waals surface area (Å²) in [5, 5.41) is 5.86. The van der Waals surface area contributed by atoms with E-state index in [1.807, 2.05) is 13.0 Å². The fourth-order valence-electron chi connectivity index (χ4n) is 1.11. The Balaban J connectivity index is 2.28. The molecule has 4 nitrogen and oxygen atoms in total. The second-order valence-corrected chi connectivity index (χ2v) is 3.94. The van der Waals surface area contributed by atoms with Crippen molar-refractivity contribution in [2.75, 3.05) is 18.4 Å². The lowest BCUT2D eigenvalue weighted by atomic mass is 10.3. The molecule has 5 heteroatoms. The summed E-state index contributed by atoms with van der Waals surface area (Å²) in [4.78, 5) is 15.1. The van der Waals surface area contributed by atoms with Crippen LogP contribution >= 0.6 is 15.9 Å². The molecule has 15 heavy (non-hydrogen) atoms. The first-order valence-corrected chi connectivity index (χ1v) is 5.62. The van der Waals surface area contributed by atoms with Crippen LogP contribution in [0, 0.1) is 0 Å². The number of carbonyl (C=O) groups excluding carboxylic acids is 1. The summed E-state index contributed by atoms with van der Waals surface area (Å²) in [6.07, 6.45) is 3.91. The molecule has 82 valence electrons. The summed E-state index contributed by atoms with van der Waals surface area (Å²) in [5.41, 5.74) is 0.911. The van der Waals surface area contributed by atoms with Crippen LogP contribution in [0.3, 0.4) is 0 Å². The van der Waals surface area contributed by atoms with Gasteiger partial charge in [0.1, 0.15) is 0 Å². The van der Waals surface area contributed by atoms with Crippen molar-refractivity contribution in [2.45, 2.75) is 13.3 Å². The van der Waals surface area contributed by atoms with Crippen LogP contribution in [0.1, 0.15) is 13.3 Å². The molecule has 0 fully saturated rings. The molecule has 0 aliphatic rings. The van der Waals surface area contributed by atoms with E-state index in [1.54, 1.807) is 12.4 Å². The fourth-order valence-corrected chi connectivity index (χ4v) is 1.48. The first kappa shape index (κ1) is 12.0. The largest absolute Gasteiger partial charge is 0.383 e. The Kier molecular flexibility index (Phi) is 5.10. The van der Waals surface area contributed by atoms with Gasteiger partial charge in [0.25, 0.3) is 0 Å². The van der Waals surface area contributed by atoms with Crippen LogP contribution in [0.5, 0.6) is 0 Å². The molecule has 1 heterocycles. The molecule has 0 spiro atoms. The molecule has 0 bridgehead atoms. The summed E-state index contributed by atoms with van der Waals surface area (Å²) >= 11 is 3.33. The second kappa shape index (κ2) is 6.40. The van der Waals surface area contributed by atoms with Crippen molar-refractivity contribution in [3.63, 3.8) is 0 Å². The zero-order valence-corrected chi connectivity index (χ0v) is 10.2. The van der Waals surface area contributed by atoms with Crippen molar-refractivity contribution in [3.8, 4) is 0 Å². The molecule has 0 saturated heterocycles. The number of amides is 1. The number of aromatic nitrogens is 1. The van der Waals surface area contributed by atoms with Gasteiger partial charge in [-0.2, -0.15) is 0 Å². The predicted molar refractivity (Wildman–Crippen MR) is 63.7 cm³/mol. The van der Waals surface area contributed by atoms with Crippen LogP contribution in [0.2, 0.25) is 0 Å². The molecule has 0 aromatic carbocycles. The quantitative estimate of drug-likeness (QED) is 0.859. The average molecular weight is 272 g/mol. The van der Waals surface area contributed by atoms with E-state index < -0.39 is 0 Å². The van der Waals surface area contributed by atoms with E-state index in [4.69, 9.17) is 0 Å². The van der Waals surface area contributed by atoms with Crippen molar-refractivity contribution < 1.29 is 4.79 Å². The monoisotopic (exact) mass is 271 g/mol. The van der Waals surface area contributed by atoms with Gasteiger partial charge < -0.3 is 10.6 Å². The normalized spacial score (nSPS) is 9.73. The van der Waals surface area contributed by atoms with Crippen LogP contribution in [-0.4, -0.2) is 24.0 Å². The van der Waals surface area contributed by atoms with Gasteiger partial charge in [0, 0.05) is 30.2 Å². The van der Waals surface area contributed by atoms with Gasteiger partial charge in [-0.15, -0.1) is 0 Å². The molecule has 1 aromatic heterocycles. The SMILES string of the molecule is CCNC(=O)CCNc1cncc(Br)c1. The number of carbonyl (C=O) groups is 1. The van der Waals surface area contributed by atoms with Crippen LogP contribution in [-0.2, 0) is 4.79 Å². The highest BCUT2D eigenvalue weighted by Crippen LogP contribution is 2.13. The molecular weight excluding hydrogens is 258 g/mol. The summed E-state index contributed by atoms with van der Waals surface area (Å²) in [5.74, 6) is 0.0629. The fraction of sp³-hybridized carbons (Fsp3) is 0.400. The average Bonchev–Trinajstić information content (AvgIpc) is 2.18. The van der Waals surface area contributed by atoms with Gasteiger partial charge >= 0.3 is 0 Å². The molecule has 0 unspecified atom stereocenters. The number of pyridine rings is 1. The number of nitrogens with one attached hydrogen (secondary N) is 2. The maximum absolute atomic E-state index is 11.1. The molecule has 2 N–H and O–H groups in total. The molecular formula is C10H14BrN3O. The number of nitrogens with zero attached hydrogens (tertiary/aromatic N) is 1. The lowest BCUT2D eigenvalue weighted by Crippen LogP contribution is -2.24. The highest BCUT2D eigenvalue weighted by atomic mass is 79.9. The number of rotatable bonds is 5. The van der Waals surface area contributed by atoms with E-state index in [1.165, 1.54) is 0 Å². The van der Waals surface area contributed by atoms with Crippen molar-refractivity contribution in [3.05, 3.63) is 22.9 Å². The molecule has 0 radical (unpaired) electrons. The Labute approximate surface area is 97.6 Å². The third-order valence-corrected chi connectivity index (χ3v) is 2.19. The van der Waals surface area contributed by atoms with Gasteiger partial charge in [-0.05, 0) is 28.9 Å². The van der Waals surface area contributed by atoms with E-state index in [-0.39, 0.29) is 5.91 Å². The Morgan fingerprint density at radius 1 is 1.53 bits per heavy atom. The van der Waals surface area contributed by atoms with Gasteiger partial charge in [0.05, 0.1) is 11.9 Å². The van der Waals surface area contributed by atoms with E-state index in [9.17, 15) is 4.79 Å². The van der Waals surface area contributed by atoms with E-state index in [0.717, 1.165) is 10.2 Å². The maximum atomic E-state index is 11.1. The molecule has 0 atom stereocenters. The maximum Gasteiger partial charge on any atom is 0.221 e. The Bertz CT molecular complexity index is 330. The highest BCUT2D eigenvalue weighted by Gasteiger charge is 1.99. The second-order valence-electron chi connectivity index (χ2n) is 3.02. The van der Waals surface area contributed by atoms with Crippen molar-refractivity contribution in [1.82, 2.24) is 10.3 Å². The van der Waals surface area contributed by atoms with Crippen molar-refractivity contribution in [1.29, 1.82) is 0 Å². The van der Waals surface area contributed by atoms with Gasteiger partial charge in [-0.3, -0.25) is 9.78 Å². The lowest BCUT2D eigenvalue weighted by molar-refractivity contribution is -0.120. The molecule has 0 aliphatic carbocycles. The van der Waals surface area contributed by atoms with Gasteiger partial charge in [0.15, 0.2) is 0 Å². The number of hydrogen-bond donors (Lipinski definition) is 2. The Morgan fingerprint density at radius 3 is 3.00 bits per heavy atom.